The number of hydrogen-bond donors (Lipinski definition) is 0. The first-order valence-corrected chi connectivity index (χ1v) is 19.1. The molecule has 0 atom stereocenters. The van der Waals surface area contributed by atoms with Crippen LogP contribution in [0.4, 0.5) is 0 Å². The van der Waals surface area contributed by atoms with Gasteiger partial charge in [0.2, 0.25) is 0 Å². The zero-order valence-electron chi connectivity index (χ0n) is 30.0. The molecule has 1 aromatic heterocycles. The van der Waals surface area contributed by atoms with E-state index in [1.54, 1.807) is 0 Å². The Kier molecular flexibility index (Phi) is 6.40. The predicted octanol–water partition coefficient (Wildman–Crippen LogP) is 15.0. The Bertz CT molecular complexity index is 3530. The molecule has 0 aliphatic heterocycles. The molecule has 1 heterocycles. The monoisotopic (exact) mass is 695 g/mol. The van der Waals surface area contributed by atoms with E-state index >= 15 is 0 Å². The highest BCUT2D eigenvalue weighted by molar-refractivity contribution is 6.39. The second kappa shape index (κ2) is 11.6. The van der Waals surface area contributed by atoms with Gasteiger partial charge in [-0.05, 0) is 117 Å². The van der Waals surface area contributed by atoms with Crippen LogP contribution in [0.3, 0.4) is 0 Å². The number of hydrogen-bond acceptors (Lipinski definition) is 0. The summed E-state index contributed by atoms with van der Waals surface area (Å²) in [5.74, 6) is 0. The first-order valence-electron chi connectivity index (χ1n) is 19.1. The van der Waals surface area contributed by atoms with Crippen molar-refractivity contribution in [3.63, 3.8) is 0 Å². The standard InChI is InChI=1S/C54H33N/c1-2-15-35(16-3-1)55-50-27-13-12-25-48(50)52-43(26-14-28-51(52)55)42-32-31-36(37-17-4-5-18-38(37)42)34-29-30-47-49(33-34)41-21-8-11-24-46(41)53-44-22-9-6-19-39(44)40-20-7-10-23-45(40)54(47)53/h1-33H. The average Bonchev–Trinajstić information content (AvgIpc) is 3.61. The molecule has 12 aromatic rings. The van der Waals surface area contributed by atoms with Crippen LogP contribution < -0.4 is 0 Å². The topological polar surface area (TPSA) is 4.93 Å². The molecular formula is C54H33N. The van der Waals surface area contributed by atoms with Crippen molar-refractivity contribution in [3.8, 4) is 27.9 Å². The summed E-state index contributed by atoms with van der Waals surface area (Å²) in [6.07, 6.45) is 0. The fraction of sp³-hybridized carbons (Fsp3) is 0. The van der Waals surface area contributed by atoms with Crippen LogP contribution in [0.15, 0.2) is 200 Å². The fourth-order valence-electron chi connectivity index (χ4n) is 9.67. The van der Waals surface area contributed by atoms with Crippen molar-refractivity contribution in [1.29, 1.82) is 0 Å². The first kappa shape index (κ1) is 30.3. The largest absolute Gasteiger partial charge is 0.309 e. The Labute approximate surface area is 317 Å². The summed E-state index contributed by atoms with van der Waals surface area (Å²) in [6, 6.07) is 73.9. The summed E-state index contributed by atoms with van der Waals surface area (Å²) in [6.45, 7) is 0. The van der Waals surface area contributed by atoms with Crippen LogP contribution in [0.25, 0.3) is 114 Å². The van der Waals surface area contributed by atoms with Gasteiger partial charge in [0, 0.05) is 16.5 Å². The minimum atomic E-state index is 1.17. The van der Waals surface area contributed by atoms with Gasteiger partial charge in [0.05, 0.1) is 11.0 Å². The molecule has 0 aliphatic rings. The predicted molar refractivity (Wildman–Crippen MR) is 237 cm³/mol. The third kappa shape index (κ3) is 4.30. The van der Waals surface area contributed by atoms with Gasteiger partial charge in [-0.1, -0.05) is 170 Å². The molecule has 0 saturated carbocycles. The van der Waals surface area contributed by atoms with E-state index in [4.69, 9.17) is 0 Å². The normalized spacial score (nSPS) is 12.0. The number of benzene rings is 11. The molecule has 0 bridgehead atoms. The molecule has 0 unspecified atom stereocenters. The number of rotatable bonds is 3. The Hall–Kier alpha value is -7.22. The molecular weight excluding hydrogens is 663 g/mol. The van der Waals surface area contributed by atoms with Gasteiger partial charge < -0.3 is 4.57 Å². The van der Waals surface area contributed by atoms with Crippen molar-refractivity contribution in [2.24, 2.45) is 0 Å². The van der Waals surface area contributed by atoms with E-state index < -0.39 is 0 Å². The van der Waals surface area contributed by atoms with E-state index in [-0.39, 0.29) is 0 Å². The van der Waals surface area contributed by atoms with Gasteiger partial charge in [-0.15, -0.1) is 0 Å². The lowest BCUT2D eigenvalue weighted by molar-refractivity contribution is 1.18. The lowest BCUT2D eigenvalue weighted by atomic mass is 9.85. The maximum Gasteiger partial charge on any atom is 0.0547 e. The molecule has 55 heavy (non-hydrogen) atoms. The van der Waals surface area contributed by atoms with Crippen molar-refractivity contribution in [2.75, 3.05) is 0 Å². The molecule has 0 amide bonds. The highest BCUT2D eigenvalue weighted by Gasteiger charge is 2.20. The van der Waals surface area contributed by atoms with Crippen LogP contribution in [0.5, 0.6) is 0 Å². The number of aromatic nitrogens is 1. The molecule has 1 nitrogen and oxygen atoms in total. The van der Waals surface area contributed by atoms with Gasteiger partial charge in [0.15, 0.2) is 0 Å². The molecule has 0 N–H and O–H groups in total. The summed E-state index contributed by atoms with van der Waals surface area (Å²) >= 11 is 0. The Morgan fingerprint density at radius 2 is 0.709 bits per heavy atom. The van der Waals surface area contributed by atoms with E-state index in [9.17, 15) is 0 Å². The van der Waals surface area contributed by atoms with Gasteiger partial charge in [0.1, 0.15) is 0 Å². The highest BCUT2D eigenvalue weighted by Crippen LogP contribution is 2.46. The molecule has 12 rings (SSSR count). The van der Waals surface area contributed by atoms with Crippen LogP contribution in [0.2, 0.25) is 0 Å². The van der Waals surface area contributed by atoms with Crippen molar-refractivity contribution in [2.45, 2.75) is 0 Å². The van der Waals surface area contributed by atoms with E-state index in [0.29, 0.717) is 0 Å². The quantitative estimate of drug-likeness (QED) is 0.162. The van der Waals surface area contributed by atoms with Crippen LogP contribution in [0, 0.1) is 0 Å². The molecule has 0 radical (unpaired) electrons. The lowest BCUT2D eigenvalue weighted by Gasteiger charge is -2.18. The molecule has 11 aromatic carbocycles. The highest BCUT2D eigenvalue weighted by atomic mass is 15.0. The summed E-state index contributed by atoms with van der Waals surface area (Å²) in [4.78, 5) is 0. The van der Waals surface area contributed by atoms with Crippen molar-refractivity contribution < 1.29 is 0 Å². The summed E-state index contributed by atoms with van der Waals surface area (Å²) in [5, 5.41) is 18.1. The first-order chi connectivity index (χ1) is 27.3. The van der Waals surface area contributed by atoms with Gasteiger partial charge in [-0.25, -0.2) is 0 Å². The van der Waals surface area contributed by atoms with Crippen LogP contribution in [-0.2, 0) is 0 Å². The molecule has 0 saturated heterocycles. The van der Waals surface area contributed by atoms with Crippen LogP contribution in [0.1, 0.15) is 0 Å². The molecule has 0 fully saturated rings. The summed E-state index contributed by atoms with van der Waals surface area (Å²) < 4.78 is 2.40. The van der Waals surface area contributed by atoms with Gasteiger partial charge in [0.25, 0.3) is 0 Å². The maximum absolute atomic E-state index is 2.44. The molecule has 0 aliphatic carbocycles. The summed E-state index contributed by atoms with van der Waals surface area (Å²) in [7, 11) is 0. The zero-order chi connectivity index (χ0) is 36.0. The molecule has 1 heteroatoms. The fourth-order valence-corrected chi connectivity index (χ4v) is 9.67. The molecule has 254 valence electrons. The zero-order valence-corrected chi connectivity index (χ0v) is 30.0. The lowest BCUT2D eigenvalue weighted by Crippen LogP contribution is -1.93. The SMILES string of the molecule is c1ccc(-n2c3ccccc3c3c(-c4ccc(-c5ccc6c(c5)c5ccccc5c5c7ccccc7c7ccccc7c65)c5ccccc45)cccc32)cc1. The second-order valence-electron chi connectivity index (χ2n) is 14.7. The molecule has 0 spiro atoms. The van der Waals surface area contributed by atoms with E-state index in [1.165, 1.54) is 114 Å². The smallest absolute Gasteiger partial charge is 0.0547 e. The minimum absolute atomic E-state index is 1.17. The summed E-state index contributed by atoms with van der Waals surface area (Å²) in [5.41, 5.74) is 8.57. The Morgan fingerprint density at radius 1 is 0.236 bits per heavy atom. The Morgan fingerprint density at radius 3 is 1.36 bits per heavy atom. The van der Waals surface area contributed by atoms with E-state index in [2.05, 4.69) is 205 Å². The van der Waals surface area contributed by atoms with Crippen molar-refractivity contribution in [1.82, 2.24) is 4.57 Å². The number of nitrogens with zero attached hydrogens (tertiary/aromatic N) is 1. The van der Waals surface area contributed by atoms with E-state index in [0.717, 1.165) is 0 Å². The number of fused-ring (bicyclic) bond motifs is 15. The van der Waals surface area contributed by atoms with Gasteiger partial charge >= 0.3 is 0 Å². The van der Waals surface area contributed by atoms with Crippen molar-refractivity contribution >= 4 is 86.4 Å². The average molecular weight is 696 g/mol. The Balaban J connectivity index is 1.12. The van der Waals surface area contributed by atoms with E-state index in [1.807, 2.05) is 0 Å². The van der Waals surface area contributed by atoms with Crippen LogP contribution >= 0.6 is 0 Å². The third-order valence-electron chi connectivity index (χ3n) is 11.9. The number of para-hydroxylation sites is 2. The van der Waals surface area contributed by atoms with Gasteiger partial charge in [-0.2, -0.15) is 0 Å². The second-order valence-corrected chi connectivity index (χ2v) is 14.7. The van der Waals surface area contributed by atoms with Crippen LogP contribution in [-0.4, -0.2) is 4.57 Å². The van der Waals surface area contributed by atoms with Gasteiger partial charge in [-0.3, -0.25) is 0 Å². The van der Waals surface area contributed by atoms with Crippen molar-refractivity contribution in [3.05, 3.63) is 200 Å². The minimum Gasteiger partial charge on any atom is -0.309 e. The maximum atomic E-state index is 2.44. The third-order valence-corrected chi connectivity index (χ3v) is 11.9.